The highest BCUT2D eigenvalue weighted by Crippen LogP contribution is 2.33. The summed E-state index contributed by atoms with van der Waals surface area (Å²) in [7, 11) is 0. The Morgan fingerprint density at radius 2 is 1.75 bits per heavy atom. The minimum absolute atomic E-state index is 0.317. The van der Waals surface area contributed by atoms with Crippen molar-refractivity contribution < 1.29 is 4.79 Å². The Balaban J connectivity index is 2.60. The second-order valence-electron chi connectivity index (χ2n) is 5.05. The molecule has 0 radical (unpaired) electrons. The van der Waals surface area contributed by atoms with Gasteiger partial charge in [0, 0.05) is 5.92 Å². The highest BCUT2D eigenvalue weighted by atomic mass is 16.1. The topological polar surface area (TPSA) is 17.1 Å². The molecule has 0 N–H and O–H groups in total. The van der Waals surface area contributed by atoms with E-state index in [1.807, 2.05) is 0 Å². The summed E-state index contributed by atoms with van der Waals surface area (Å²) in [6.45, 7) is 4.50. The Morgan fingerprint density at radius 1 is 1.12 bits per heavy atom. The molecule has 0 saturated carbocycles. The molecule has 0 aromatic heterocycles. The van der Waals surface area contributed by atoms with Gasteiger partial charge in [0.25, 0.3) is 0 Å². The van der Waals surface area contributed by atoms with Crippen molar-refractivity contribution in [3.8, 4) is 0 Å². The molecule has 1 unspecified atom stereocenters. The molecular formula is C15H26O. The van der Waals surface area contributed by atoms with Crippen LogP contribution in [0.25, 0.3) is 0 Å². The Labute approximate surface area is 100 Å². The SMILES string of the molecule is CCCCC1=C(CCCC)CC(C=O)CC1. The molecule has 0 aromatic rings. The van der Waals surface area contributed by atoms with Crippen LogP contribution in [0.1, 0.15) is 71.6 Å². The highest BCUT2D eigenvalue weighted by Gasteiger charge is 2.19. The number of carbonyl (C=O) groups excluding carboxylic acids is 1. The summed E-state index contributed by atoms with van der Waals surface area (Å²) in [5.41, 5.74) is 3.31. The predicted molar refractivity (Wildman–Crippen MR) is 69.5 cm³/mol. The molecular weight excluding hydrogens is 196 g/mol. The van der Waals surface area contributed by atoms with Gasteiger partial charge in [-0.3, -0.25) is 0 Å². The van der Waals surface area contributed by atoms with Gasteiger partial charge in [0.2, 0.25) is 0 Å². The lowest BCUT2D eigenvalue weighted by atomic mass is 9.81. The molecule has 1 atom stereocenters. The van der Waals surface area contributed by atoms with Crippen molar-refractivity contribution in [1.82, 2.24) is 0 Å². The summed E-state index contributed by atoms with van der Waals surface area (Å²) in [4.78, 5) is 10.9. The maximum Gasteiger partial charge on any atom is 0.123 e. The number of hydrogen-bond donors (Lipinski definition) is 0. The summed E-state index contributed by atoms with van der Waals surface area (Å²) in [5.74, 6) is 0.317. The van der Waals surface area contributed by atoms with E-state index in [4.69, 9.17) is 0 Å². The first-order valence-corrected chi connectivity index (χ1v) is 6.96. The zero-order valence-corrected chi connectivity index (χ0v) is 10.9. The van der Waals surface area contributed by atoms with Crippen molar-refractivity contribution in [2.24, 2.45) is 5.92 Å². The van der Waals surface area contributed by atoms with Crippen LogP contribution in [-0.2, 0) is 4.79 Å². The Hall–Kier alpha value is -0.590. The van der Waals surface area contributed by atoms with Crippen LogP contribution in [-0.4, -0.2) is 6.29 Å². The number of carbonyl (C=O) groups is 1. The van der Waals surface area contributed by atoms with E-state index in [1.54, 1.807) is 11.1 Å². The van der Waals surface area contributed by atoms with Gasteiger partial charge in [-0.15, -0.1) is 0 Å². The van der Waals surface area contributed by atoms with Crippen LogP contribution >= 0.6 is 0 Å². The molecule has 0 aliphatic heterocycles. The van der Waals surface area contributed by atoms with Gasteiger partial charge >= 0.3 is 0 Å². The third-order valence-electron chi connectivity index (χ3n) is 3.68. The molecule has 1 heteroatoms. The van der Waals surface area contributed by atoms with Crippen molar-refractivity contribution in [2.75, 3.05) is 0 Å². The Morgan fingerprint density at radius 3 is 2.31 bits per heavy atom. The van der Waals surface area contributed by atoms with Crippen LogP contribution in [0.5, 0.6) is 0 Å². The van der Waals surface area contributed by atoms with Gasteiger partial charge in [0.05, 0.1) is 0 Å². The average Bonchev–Trinajstić information content (AvgIpc) is 2.34. The molecule has 0 heterocycles. The van der Waals surface area contributed by atoms with E-state index in [9.17, 15) is 4.79 Å². The van der Waals surface area contributed by atoms with Gasteiger partial charge in [0.1, 0.15) is 6.29 Å². The molecule has 0 amide bonds. The fourth-order valence-electron chi connectivity index (χ4n) is 2.58. The zero-order chi connectivity index (χ0) is 11.8. The molecule has 1 aliphatic carbocycles. The molecule has 0 bridgehead atoms. The summed E-state index contributed by atoms with van der Waals surface area (Å²) in [5, 5.41) is 0. The van der Waals surface area contributed by atoms with Crippen molar-refractivity contribution in [3.63, 3.8) is 0 Å². The van der Waals surface area contributed by atoms with Crippen LogP contribution < -0.4 is 0 Å². The molecule has 0 spiro atoms. The molecule has 16 heavy (non-hydrogen) atoms. The Bertz CT molecular complexity index is 240. The normalized spacial score (nSPS) is 21.2. The molecule has 0 aromatic carbocycles. The summed E-state index contributed by atoms with van der Waals surface area (Å²) in [6.07, 6.45) is 12.2. The van der Waals surface area contributed by atoms with E-state index < -0.39 is 0 Å². The lowest BCUT2D eigenvalue weighted by molar-refractivity contribution is -0.111. The van der Waals surface area contributed by atoms with E-state index in [-0.39, 0.29) is 0 Å². The van der Waals surface area contributed by atoms with Crippen molar-refractivity contribution in [3.05, 3.63) is 11.1 Å². The lowest BCUT2D eigenvalue weighted by Gasteiger charge is -2.24. The lowest BCUT2D eigenvalue weighted by Crippen LogP contribution is -2.12. The summed E-state index contributed by atoms with van der Waals surface area (Å²) in [6, 6.07) is 0. The monoisotopic (exact) mass is 222 g/mol. The third kappa shape index (κ3) is 4.11. The van der Waals surface area contributed by atoms with E-state index in [0.29, 0.717) is 5.92 Å². The van der Waals surface area contributed by atoms with Crippen LogP contribution in [0, 0.1) is 5.92 Å². The zero-order valence-electron chi connectivity index (χ0n) is 10.9. The molecule has 92 valence electrons. The summed E-state index contributed by atoms with van der Waals surface area (Å²) < 4.78 is 0. The molecule has 0 saturated heterocycles. The smallest absolute Gasteiger partial charge is 0.123 e. The average molecular weight is 222 g/mol. The van der Waals surface area contributed by atoms with Crippen LogP contribution in [0.4, 0.5) is 0 Å². The van der Waals surface area contributed by atoms with Crippen molar-refractivity contribution in [1.29, 1.82) is 0 Å². The van der Waals surface area contributed by atoms with Gasteiger partial charge < -0.3 is 4.79 Å². The minimum Gasteiger partial charge on any atom is -0.303 e. The first kappa shape index (κ1) is 13.5. The van der Waals surface area contributed by atoms with E-state index in [1.165, 1.54) is 51.2 Å². The number of hydrogen-bond acceptors (Lipinski definition) is 1. The molecule has 1 nitrogen and oxygen atoms in total. The first-order chi connectivity index (χ1) is 7.81. The fraction of sp³-hybridized carbons (Fsp3) is 0.800. The van der Waals surface area contributed by atoms with Gasteiger partial charge in [-0.25, -0.2) is 0 Å². The molecule has 1 rings (SSSR count). The second-order valence-corrected chi connectivity index (χ2v) is 5.05. The van der Waals surface area contributed by atoms with E-state index in [2.05, 4.69) is 13.8 Å². The van der Waals surface area contributed by atoms with Crippen molar-refractivity contribution in [2.45, 2.75) is 71.6 Å². The number of aldehydes is 1. The summed E-state index contributed by atoms with van der Waals surface area (Å²) >= 11 is 0. The van der Waals surface area contributed by atoms with Crippen LogP contribution in [0.2, 0.25) is 0 Å². The van der Waals surface area contributed by atoms with Gasteiger partial charge in [0.15, 0.2) is 0 Å². The van der Waals surface area contributed by atoms with E-state index >= 15 is 0 Å². The minimum atomic E-state index is 0.317. The first-order valence-electron chi connectivity index (χ1n) is 6.96. The van der Waals surface area contributed by atoms with Gasteiger partial charge in [-0.05, 0) is 44.9 Å². The molecule has 1 aliphatic rings. The van der Waals surface area contributed by atoms with Crippen LogP contribution in [0.15, 0.2) is 11.1 Å². The van der Waals surface area contributed by atoms with Crippen molar-refractivity contribution >= 4 is 6.29 Å². The Kier molecular flexibility index (Phi) is 6.44. The standard InChI is InChI=1S/C15H26O/c1-3-5-7-14-10-9-13(12-16)11-15(14)8-6-4-2/h12-13H,3-11H2,1-2H3. The number of unbranched alkanes of at least 4 members (excludes halogenated alkanes) is 2. The number of allylic oxidation sites excluding steroid dienone is 2. The molecule has 0 fully saturated rings. The van der Waals surface area contributed by atoms with Gasteiger partial charge in [-0.2, -0.15) is 0 Å². The van der Waals surface area contributed by atoms with E-state index in [0.717, 1.165) is 12.8 Å². The van der Waals surface area contributed by atoms with Crippen LogP contribution in [0.3, 0.4) is 0 Å². The fourth-order valence-corrected chi connectivity index (χ4v) is 2.58. The predicted octanol–water partition coefficient (Wildman–Crippen LogP) is 4.66. The second kappa shape index (κ2) is 7.65. The maximum atomic E-state index is 10.9. The quantitative estimate of drug-likeness (QED) is 0.452. The maximum absolute atomic E-state index is 10.9. The number of rotatable bonds is 7. The third-order valence-corrected chi connectivity index (χ3v) is 3.68. The van der Waals surface area contributed by atoms with Gasteiger partial charge in [-0.1, -0.05) is 37.8 Å². The largest absolute Gasteiger partial charge is 0.303 e. The highest BCUT2D eigenvalue weighted by molar-refractivity contribution is 5.55.